The third-order valence-corrected chi connectivity index (χ3v) is 5.48. The van der Waals surface area contributed by atoms with Crippen molar-refractivity contribution < 1.29 is 23.4 Å². The molecule has 7 nitrogen and oxygen atoms in total. The second kappa shape index (κ2) is 10.6. The van der Waals surface area contributed by atoms with Gasteiger partial charge in [-0.1, -0.05) is 24.3 Å². The van der Waals surface area contributed by atoms with E-state index in [1.54, 1.807) is 18.2 Å². The van der Waals surface area contributed by atoms with Crippen molar-refractivity contribution >= 4 is 5.91 Å². The van der Waals surface area contributed by atoms with Gasteiger partial charge in [0, 0.05) is 44.8 Å². The van der Waals surface area contributed by atoms with Crippen molar-refractivity contribution in [2.75, 3.05) is 52.7 Å². The van der Waals surface area contributed by atoms with Crippen LogP contribution in [0.3, 0.4) is 0 Å². The van der Waals surface area contributed by atoms with E-state index in [9.17, 15) is 9.18 Å². The number of halogens is 1. The molecule has 0 aliphatic carbocycles. The topological polar surface area (TPSA) is 63.3 Å². The van der Waals surface area contributed by atoms with Crippen LogP contribution in [-0.2, 0) is 22.6 Å². The summed E-state index contributed by atoms with van der Waals surface area (Å²) in [4.78, 5) is 17.1. The zero-order valence-electron chi connectivity index (χ0n) is 17.5. The number of fused-ring (bicyclic) bond motifs is 1. The molecular formula is C23H28FN3O4. The van der Waals surface area contributed by atoms with E-state index in [1.165, 1.54) is 6.07 Å². The normalized spacial score (nSPS) is 15.9. The molecule has 0 unspecified atom stereocenters. The summed E-state index contributed by atoms with van der Waals surface area (Å²) in [6.07, 6.45) is 0. The lowest BCUT2D eigenvalue weighted by Gasteiger charge is -2.30. The summed E-state index contributed by atoms with van der Waals surface area (Å²) in [5.41, 5.74) is 1.53. The molecule has 31 heavy (non-hydrogen) atoms. The maximum absolute atomic E-state index is 13.8. The number of amides is 1. The molecule has 2 aromatic carbocycles. The van der Waals surface area contributed by atoms with E-state index >= 15 is 0 Å². The highest BCUT2D eigenvalue weighted by Crippen LogP contribution is 2.32. The monoisotopic (exact) mass is 429 g/mol. The summed E-state index contributed by atoms with van der Waals surface area (Å²) in [6.45, 7) is 6.12. The van der Waals surface area contributed by atoms with Gasteiger partial charge in [-0.05, 0) is 23.8 Å². The van der Waals surface area contributed by atoms with Crippen molar-refractivity contribution in [2.24, 2.45) is 0 Å². The Kier molecular flexibility index (Phi) is 7.35. The van der Waals surface area contributed by atoms with Crippen molar-refractivity contribution in [3.8, 4) is 11.5 Å². The molecule has 0 radical (unpaired) electrons. The van der Waals surface area contributed by atoms with E-state index in [2.05, 4.69) is 15.1 Å². The SMILES string of the molecule is O=C(CN(CCN1CCOCC1)Cc1ccc2c(c1)OCO2)NCc1ccccc1F. The Hall–Kier alpha value is -2.68. The molecule has 4 rings (SSSR count). The van der Waals surface area contributed by atoms with Crippen molar-refractivity contribution in [2.45, 2.75) is 13.1 Å². The predicted molar refractivity (Wildman–Crippen MR) is 113 cm³/mol. The number of benzene rings is 2. The van der Waals surface area contributed by atoms with Crippen LogP contribution in [0, 0.1) is 5.82 Å². The minimum atomic E-state index is -0.313. The molecule has 2 aromatic rings. The summed E-state index contributed by atoms with van der Waals surface area (Å²) >= 11 is 0. The van der Waals surface area contributed by atoms with Gasteiger partial charge in [0.25, 0.3) is 0 Å². The second-order valence-electron chi connectivity index (χ2n) is 7.72. The van der Waals surface area contributed by atoms with Gasteiger partial charge in [-0.15, -0.1) is 0 Å². The number of carbonyl (C=O) groups is 1. The van der Waals surface area contributed by atoms with Crippen molar-refractivity contribution in [3.05, 3.63) is 59.4 Å². The van der Waals surface area contributed by atoms with Crippen LogP contribution in [0.5, 0.6) is 11.5 Å². The summed E-state index contributed by atoms with van der Waals surface area (Å²) in [7, 11) is 0. The van der Waals surface area contributed by atoms with Crippen LogP contribution in [-0.4, -0.2) is 68.4 Å². The number of rotatable bonds is 9. The molecule has 2 aliphatic rings. The summed E-state index contributed by atoms with van der Waals surface area (Å²) in [6, 6.07) is 12.3. The smallest absolute Gasteiger partial charge is 0.234 e. The predicted octanol–water partition coefficient (Wildman–Crippen LogP) is 2.00. The Morgan fingerprint density at radius 2 is 1.90 bits per heavy atom. The highest BCUT2D eigenvalue weighted by atomic mass is 19.1. The largest absolute Gasteiger partial charge is 0.454 e. The number of morpholine rings is 1. The lowest BCUT2D eigenvalue weighted by Crippen LogP contribution is -2.43. The quantitative estimate of drug-likeness (QED) is 0.658. The van der Waals surface area contributed by atoms with Gasteiger partial charge in [-0.3, -0.25) is 14.6 Å². The fourth-order valence-electron chi connectivity index (χ4n) is 3.71. The number of hydrogen-bond acceptors (Lipinski definition) is 6. The molecule has 0 saturated carbocycles. The number of nitrogens with zero attached hydrogens (tertiary/aromatic N) is 2. The lowest BCUT2D eigenvalue weighted by molar-refractivity contribution is -0.122. The molecule has 0 atom stereocenters. The van der Waals surface area contributed by atoms with Crippen LogP contribution >= 0.6 is 0 Å². The highest BCUT2D eigenvalue weighted by Gasteiger charge is 2.18. The van der Waals surface area contributed by atoms with E-state index in [-0.39, 0.29) is 31.6 Å². The molecular weight excluding hydrogens is 401 g/mol. The van der Waals surface area contributed by atoms with Crippen LogP contribution in [0.15, 0.2) is 42.5 Å². The Morgan fingerprint density at radius 1 is 1.10 bits per heavy atom. The van der Waals surface area contributed by atoms with Gasteiger partial charge in [0.1, 0.15) is 5.82 Å². The summed E-state index contributed by atoms with van der Waals surface area (Å²) in [5.74, 6) is 1.03. The molecule has 1 saturated heterocycles. The van der Waals surface area contributed by atoms with E-state index in [4.69, 9.17) is 14.2 Å². The number of hydrogen-bond donors (Lipinski definition) is 1. The lowest BCUT2D eigenvalue weighted by atomic mass is 10.2. The van der Waals surface area contributed by atoms with E-state index in [0.717, 1.165) is 56.5 Å². The third-order valence-electron chi connectivity index (χ3n) is 5.48. The Balaban J connectivity index is 1.36. The third kappa shape index (κ3) is 6.16. The Bertz CT molecular complexity index is 889. The first-order valence-electron chi connectivity index (χ1n) is 10.6. The minimum absolute atomic E-state index is 0.133. The van der Waals surface area contributed by atoms with E-state index in [0.29, 0.717) is 12.1 Å². The van der Waals surface area contributed by atoms with Gasteiger partial charge in [0.05, 0.1) is 19.8 Å². The molecule has 0 aromatic heterocycles. The summed E-state index contributed by atoms with van der Waals surface area (Å²) < 4.78 is 30.1. The maximum atomic E-state index is 13.8. The first kappa shape index (κ1) is 21.5. The van der Waals surface area contributed by atoms with Crippen molar-refractivity contribution in [3.63, 3.8) is 0 Å². The van der Waals surface area contributed by atoms with E-state index < -0.39 is 0 Å². The van der Waals surface area contributed by atoms with Gasteiger partial charge in [0.2, 0.25) is 12.7 Å². The minimum Gasteiger partial charge on any atom is -0.454 e. The Labute approximate surface area is 181 Å². The molecule has 8 heteroatoms. The maximum Gasteiger partial charge on any atom is 0.234 e. The first-order chi connectivity index (χ1) is 15.2. The van der Waals surface area contributed by atoms with Crippen molar-refractivity contribution in [1.29, 1.82) is 0 Å². The average Bonchev–Trinajstić information content (AvgIpc) is 3.25. The number of ether oxygens (including phenoxy) is 3. The van der Waals surface area contributed by atoms with Crippen molar-refractivity contribution in [1.82, 2.24) is 15.1 Å². The fourth-order valence-corrected chi connectivity index (χ4v) is 3.71. The molecule has 1 N–H and O–H groups in total. The van der Waals surface area contributed by atoms with Gasteiger partial charge in [0.15, 0.2) is 11.5 Å². The van der Waals surface area contributed by atoms with Gasteiger partial charge < -0.3 is 19.5 Å². The second-order valence-corrected chi connectivity index (χ2v) is 7.72. The number of carbonyl (C=O) groups excluding carboxylic acids is 1. The fraction of sp³-hybridized carbons (Fsp3) is 0.435. The van der Waals surface area contributed by atoms with Crippen LogP contribution in [0.1, 0.15) is 11.1 Å². The zero-order valence-corrected chi connectivity index (χ0v) is 17.5. The molecule has 2 heterocycles. The highest BCUT2D eigenvalue weighted by molar-refractivity contribution is 5.78. The zero-order chi connectivity index (χ0) is 21.5. The van der Waals surface area contributed by atoms with E-state index in [1.807, 2.05) is 18.2 Å². The Morgan fingerprint density at radius 3 is 2.74 bits per heavy atom. The molecule has 1 amide bonds. The molecule has 1 fully saturated rings. The van der Waals surface area contributed by atoms with Crippen LogP contribution < -0.4 is 14.8 Å². The molecule has 166 valence electrons. The van der Waals surface area contributed by atoms with Gasteiger partial charge in [-0.25, -0.2) is 4.39 Å². The first-order valence-corrected chi connectivity index (χ1v) is 10.6. The average molecular weight is 429 g/mol. The van der Waals surface area contributed by atoms with Gasteiger partial charge in [-0.2, -0.15) is 0 Å². The standard InChI is InChI=1S/C23H28FN3O4/c24-20-4-2-1-3-19(20)14-25-23(28)16-27(8-7-26-9-11-29-12-10-26)15-18-5-6-21-22(13-18)31-17-30-21/h1-6,13H,7-12,14-17H2,(H,25,28). The molecule has 0 bridgehead atoms. The number of nitrogens with one attached hydrogen (secondary N) is 1. The van der Waals surface area contributed by atoms with Crippen LogP contribution in [0.4, 0.5) is 4.39 Å². The van der Waals surface area contributed by atoms with Crippen LogP contribution in [0.2, 0.25) is 0 Å². The summed E-state index contributed by atoms with van der Waals surface area (Å²) in [5, 5.41) is 2.84. The molecule has 0 spiro atoms. The molecule has 2 aliphatic heterocycles. The van der Waals surface area contributed by atoms with Gasteiger partial charge >= 0.3 is 0 Å². The van der Waals surface area contributed by atoms with Crippen LogP contribution in [0.25, 0.3) is 0 Å².